The maximum Gasteiger partial charge on any atom is 0.223 e. The Balaban J connectivity index is 1.69. The summed E-state index contributed by atoms with van der Waals surface area (Å²) in [7, 11) is 0. The molecule has 0 radical (unpaired) electrons. The molecular weight excluding hydrogens is 374 g/mol. The van der Waals surface area contributed by atoms with Crippen LogP contribution in [-0.2, 0) is 5.41 Å². The van der Waals surface area contributed by atoms with Gasteiger partial charge in [-0.2, -0.15) is 5.06 Å². The number of piperazine rings is 1. The van der Waals surface area contributed by atoms with Crippen LogP contribution in [0.4, 0.5) is 11.5 Å². The number of halogens is 1. The molecule has 1 aliphatic rings. The fourth-order valence-corrected chi connectivity index (χ4v) is 3.66. The van der Waals surface area contributed by atoms with E-state index in [1.807, 2.05) is 48.2 Å². The molecule has 6 nitrogen and oxygen atoms in total. The molecule has 0 amide bonds. The van der Waals surface area contributed by atoms with E-state index in [2.05, 4.69) is 30.7 Å². The van der Waals surface area contributed by atoms with Crippen molar-refractivity contribution in [2.24, 2.45) is 0 Å². The third-order valence-electron chi connectivity index (χ3n) is 5.12. The Hall–Kier alpha value is -2.31. The second kappa shape index (κ2) is 7.97. The monoisotopic (exact) mass is 401 g/mol. The first-order chi connectivity index (χ1) is 13.2. The van der Waals surface area contributed by atoms with Crippen molar-refractivity contribution in [3.05, 3.63) is 53.2 Å². The summed E-state index contributed by atoms with van der Waals surface area (Å²) in [4.78, 5) is 8.39. The van der Waals surface area contributed by atoms with Crippen LogP contribution in [0.1, 0.15) is 33.3 Å². The maximum atomic E-state index is 10.6. The van der Waals surface area contributed by atoms with Gasteiger partial charge in [-0.3, -0.25) is 10.6 Å². The molecule has 0 aliphatic carbocycles. The summed E-state index contributed by atoms with van der Waals surface area (Å²) in [5.41, 5.74) is 1.81. The molecule has 1 fully saturated rings. The highest BCUT2D eigenvalue weighted by atomic mass is 35.5. The smallest absolute Gasteiger partial charge is 0.223 e. The molecule has 0 bridgehead atoms. The van der Waals surface area contributed by atoms with Crippen LogP contribution in [0.5, 0.6) is 0 Å². The van der Waals surface area contributed by atoms with Crippen LogP contribution >= 0.6 is 11.6 Å². The van der Waals surface area contributed by atoms with Crippen LogP contribution in [0.2, 0.25) is 5.02 Å². The van der Waals surface area contributed by atoms with Gasteiger partial charge in [0.25, 0.3) is 0 Å². The van der Waals surface area contributed by atoms with E-state index in [9.17, 15) is 5.21 Å². The van der Waals surface area contributed by atoms with Gasteiger partial charge in [-0.15, -0.1) is 0 Å². The van der Waals surface area contributed by atoms with E-state index in [0.29, 0.717) is 30.3 Å². The number of hydroxylamine groups is 1. The molecule has 3 rings (SSSR count). The SMILES string of the molecule is CC1CN(c2ncccc2Cl)CCN1C(=N)N(O)c1ccc(C(C)(C)C)cc1. The first-order valence-electron chi connectivity index (χ1n) is 9.48. The number of rotatable bonds is 2. The molecular formula is C21H28ClN5O. The Bertz CT molecular complexity index is 833. The van der Waals surface area contributed by atoms with Crippen LogP contribution in [0.3, 0.4) is 0 Å². The minimum absolute atomic E-state index is 0.0304. The van der Waals surface area contributed by atoms with E-state index in [-0.39, 0.29) is 17.4 Å². The van der Waals surface area contributed by atoms with Crippen LogP contribution in [0.25, 0.3) is 0 Å². The Morgan fingerprint density at radius 2 is 1.89 bits per heavy atom. The van der Waals surface area contributed by atoms with E-state index in [1.54, 1.807) is 6.20 Å². The van der Waals surface area contributed by atoms with E-state index >= 15 is 0 Å². The van der Waals surface area contributed by atoms with Gasteiger partial charge in [-0.25, -0.2) is 4.98 Å². The van der Waals surface area contributed by atoms with E-state index in [1.165, 1.54) is 5.56 Å². The van der Waals surface area contributed by atoms with Gasteiger partial charge in [0.2, 0.25) is 5.96 Å². The Labute approximate surface area is 171 Å². The van der Waals surface area contributed by atoms with Gasteiger partial charge < -0.3 is 9.80 Å². The highest BCUT2D eigenvalue weighted by Gasteiger charge is 2.29. The number of benzene rings is 1. The first kappa shape index (κ1) is 20.4. The van der Waals surface area contributed by atoms with Crippen LogP contribution < -0.4 is 9.96 Å². The molecule has 150 valence electrons. The molecule has 1 aromatic carbocycles. The standard InChI is InChI=1S/C21H28ClN5O/c1-15-14-25(19-18(22)6-5-11-24-19)12-13-26(15)20(23)27(28)17-9-7-16(8-10-17)21(2,3)4/h5-11,15,23,28H,12-14H2,1-4H3. The third kappa shape index (κ3) is 4.23. The number of hydrogen-bond acceptors (Lipinski definition) is 4. The van der Waals surface area contributed by atoms with Crippen molar-refractivity contribution >= 4 is 29.1 Å². The quantitative estimate of drug-likeness (QED) is 0.444. The molecule has 0 saturated carbocycles. The third-order valence-corrected chi connectivity index (χ3v) is 5.41. The highest BCUT2D eigenvalue weighted by molar-refractivity contribution is 6.32. The molecule has 2 N–H and O–H groups in total. The molecule has 2 aromatic rings. The lowest BCUT2D eigenvalue weighted by molar-refractivity contribution is 0.242. The van der Waals surface area contributed by atoms with Gasteiger partial charge in [0, 0.05) is 31.9 Å². The molecule has 7 heteroatoms. The Morgan fingerprint density at radius 1 is 1.21 bits per heavy atom. The van der Waals surface area contributed by atoms with Gasteiger partial charge in [0.1, 0.15) is 5.82 Å². The number of guanidine groups is 1. The predicted molar refractivity (Wildman–Crippen MR) is 115 cm³/mol. The van der Waals surface area contributed by atoms with Crippen molar-refractivity contribution in [3.8, 4) is 0 Å². The predicted octanol–water partition coefficient (Wildman–Crippen LogP) is 4.37. The van der Waals surface area contributed by atoms with E-state index in [4.69, 9.17) is 17.0 Å². The summed E-state index contributed by atoms with van der Waals surface area (Å²) >= 11 is 6.27. The summed E-state index contributed by atoms with van der Waals surface area (Å²) in [6.07, 6.45) is 1.73. The fraction of sp³-hybridized carbons (Fsp3) is 0.429. The summed E-state index contributed by atoms with van der Waals surface area (Å²) in [6.45, 7) is 10.4. The van der Waals surface area contributed by atoms with Crippen LogP contribution in [-0.4, -0.2) is 46.7 Å². The maximum absolute atomic E-state index is 10.6. The summed E-state index contributed by atoms with van der Waals surface area (Å²) < 4.78 is 0. The number of nitrogens with one attached hydrogen (secondary N) is 1. The summed E-state index contributed by atoms with van der Waals surface area (Å²) in [5.74, 6) is 0.837. The zero-order chi connectivity index (χ0) is 20.5. The lowest BCUT2D eigenvalue weighted by Crippen LogP contribution is -2.57. The second-order valence-electron chi connectivity index (χ2n) is 8.23. The topological polar surface area (TPSA) is 66.7 Å². The molecule has 28 heavy (non-hydrogen) atoms. The number of anilines is 2. The second-order valence-corrected chi connectivity index (χ2v) is 8.64. The van der Waals surface area contributed by atoms with Crippen molar-refractivity contribution in [3.63, 3.8) is 0 Å². The number of hydrogen-bond donors (Lipinski definition) is 2. The van der Waals surface area contributed by atoms with Crippen molar-refractivity contribution < 1.29 is 5.21 Å². The zero-order valence-corrected chi connectivity index (χ0v) is 17.6. The highest BCUT2D eigenvalue weighted by Crippen LogP contribution is 2.27. The van der Waals surface area contributed by atoms with Gasteiger partial charge in [-0.1, -0.05) is 44.5 Å². The van der Waals surface area contributed by atoms with Crippen molar-refractivity contribution in [1.82, 2.24) is 9.88 Å². The lowest BCUT2D eigenvalue weighted by Gasteiger charge is -2.42. The van der Waals surface area contributed by atoms with Gasteiger partial charge >= 0.3 is 0 Å². The number of pyridine rings is 1. The van der Waals surface area contributed by atoms with Crippen molar-refractivity contribution in [1.29, 1.82) is 5.41 Å². The minimum Gasteiger partial charge on any atom is -0.352 e. The molecule has 1 unspecified atom stereocenters. The first-order valence-corrected chi connectivity index (χ1v) is 9.86. The van der Waals surface area contributed by atoms with Gasteiger partial charge in [0.05, 0.1) is 10.7 Å². The summed E-state index contributed by atoms with van der Waals surface area (Å²) in [5, 5.41) is 20.7. The van der Waals surface area contributed by atoms with E-state index < -0.39 is 0 Å². The molecule has 2 heterocycles. The largest absolute Gasteiger partial charge is 0.352 e. The Morgan fingerprint density at radius 3 is 2.46 bits per heavy atom. The molecule has 1 saturated heterocycles. The van der Waals surface area contributed by atoms with Gasteiger partial charge in [0.15, 0.2) is 0 Å². The normalized spacial score (nSPS) is 17.6. The average Bonchev–Trinajstić information content (AvgIpc) is 2.66. The molecule has 1 aromatic heterocycles. The van der Waals surface area contributed by atoms with Gasteiger partial charge in [-0.05, 0) is 42.2 Å². The average molecular weight is 402 g/mol. The minimum atomic E-state index is 0.0304. The number of nitrogens with zero attached hydrogens (tertiary/aromatic N) is 4. The molecule has 1 aliphatic heterocycles. The van der Waals surface area contributed by atoms with Crippen LogP contribution in [0, 0.1) is 5.41 Å². The van der Waals surface area contributed by atoms with Crippen molar-refractivity contribution in [2.45, 2.75) is 39.2 Å². The molecule has 0 spiro atoms. The number of aromatic nitrogens is 1. The Kier molecular flexibility index (Phi) is 5.82. The zero-order valence-electron chi connectivity index (χ0n) is 16.9. The fourth-order valence-electron chi connectivity index (χ4n) is 3.42. The van der Waals surface area contributed by atoms with Crippen LogP contribution in [0.15, 0.2) is 42.6 Å². The summed E-state index contributed by atoms with van der Waals surface area (Å²) in [6, 6.07) is 11.4. The molecule has 1 atom stereocenters. The van der Waals surface area contributed by atoms with Crippen molar-refractivity contribution in [2.75, 3.05) is 29.6 Å². The lowest BCUT2D eigenvalue weighted by atomic mass is 9.87. The van der Waals surface area contributed by atoms with E-state index in [0.717, 1.165) is 10.9 Å².